The Morgan fingerprint density at radius 2 is 1.82 bits per heavy atom. The zero-order chi connectivity index (χ0) is 25.7. The lowest BCUT2D eigenvalue weighted by atomic mass is 9.96. The molecule has 4 nitrogen and oxygen atoms in total. The highest BCUT2D eigenvalue weighted by atomic mass is 35.5. The third-order valence-electron chi connectivity index (χ3n) is 6.85. The zero-order valence-corrected chi connectivity index (χ0v) is 25.8. The molecule has 1 fully saturated rings. The second-order valence-corrected chi connectivity index (χ2v) is 23.3. The molecule has 2 rings (SSSR count). The van der Waals surface area contributed by atoms with Crippen LogP contribution in [0.25, 0.3) is 0 Å². The van der Waals surface area contributed by atoms with Gasteiger partial charge in [0.1, 0.15) is 11.6 Å². The van der Waals surface area contributed by atoms with E-state index in [1.165, 1.54) is 0 Å². The van der Waals surface area contributed by atoms with Crippen molar-refractivity contribution in [2.45, 2.75) is 83.3 Å². The number of rotatable bonds is 12. The first-order valence-electron chi connectivity index (χ1n) is 12.2. The Morgan fingerprint density at radius 1 is 1.15 bits per heavy atom. The third-order valence-corrected chi connectivity index (χ3v) is 13.8. The minimum atomic E-state index is -1.76. The van der Waals surface area contributed by atoms with Crippen LogP contribution in [0.4, 0.5) is 4.39 Å². The fourth-order valence-electron chi connectivity index (χ4n) is 3.58. The van der Waals surface area contributed by atoms with Crippen LogP contribution in [-0.4, -0.2) is 59.4 Å². The van der Waals surface area contributed by atoms with E-state index < -0.39 is 22.2 Å². The van der Waals surface area contributed by atoms with Crippen molar-refractivity contribution in [2.75, 3.05) is 33.1 Å². The summed E-state index contributed by atoms with van der Waals surface area (Å²) in [4.78, 5) is 3.03. The Morgan fingerprint density at radius 3 is 2.44 bits per heavy atom. The molecule has 34 heavy (non-hydrogen) atoms. The summed E-state index contributed by atoms with van der Waals surface area (Å²) < 4.78 is 33.0. The first-order chi connectivity index (χ1) is 15.6. The normalized spacial score (nSPS) is 17.5. The van der Waals surface area contributed by atoms with Gasteiger partial charge in [-0.05, 0) is 42.7 Å². The predicted octanol–water partition coefficient (Wildman–Crippen LogP) is 7.70. The molecule has 0 aromatic heterocycles. The van der Waals surface area contributed by atoms with Crippen molar-refractivity contribution in [2.24, 2.45) is 0 Å². The summed E-state index contributed by atoms with van der Waals surface area (Å²) in [6, 6.07) is 4.34. The third kappa shape index (κ3) is 8.55. The Kier molecular flexibility index (Phi) is 10.6. The number of hydrogen-bond donors (Lipinski definition) is 0. The van der Waals surface area contributed by atoms with Crippen LogP contribution in [0.2, 0.25) is 48.8 Å². The van der Waals surface area contributed by atoms with E-state index >= 15 is 4.39 Å². The number of nitrogens with zero attached hydrogens (tertiary/aromatic N) is 1. The first kappa shape index (κ1) is 29.7. The molecule has 9 heteroatoms. The van der Waals surface area contributed by atoms with Crippen molar-refractivity contribution < 1.29 is 18.3 Å². The van der Waals surface area contributed by atoms with E-state index in [1.807, 2.05) is 0 Å². The van der Waals surface area contributed by atoms with Crippen molar-refractivity contribution in [3.05, 3.63) is 28.5 Å². The van der Waals surface area contributed by atoms with E-state index in [-0.39, 0.29) is 22.8 Å². The molecular weight excluding hydrogens is 505 g/mol. The molecule has 1 aromatic rings. The molecule has 1 aliphatic rings. The molecule has 1 atom stereocenters. The molecule has 194 valence electrons. The number of likely N-dealkylation sites (tertiary alicyclic amines) is 1. The summed E-state index contributed by atoms with van der Waals surface area (Å²) in [5.41, 5.74) is 0.503. The van der Waals surface area contributed by atoms with Gasteiger partial charge in [0.15, 0.2) is 15.1 Å². The quantitative estimate of drug-likeness (QED) is 0.116. The number of benzene rings is 1. The van der Waals surface area contributed by atoms with Crippen molar-refractivity contribution >= 4 is 45.2 Å². The summed E-state index contributed by atoms with van der Waals surface area (Å²) in [7, 11) is -2.93. The summed E-state index contributed by atoms with van der Waals surface area (Å²) in [6.07, 6.45) is 1.51. The summed E-state index contributed by atoms with van der Waals surface area (Å²) >= 11 is 11.8. The molecule has 1 heterocycles. The van der Waals surface area contributed by atoms with Gasteiger partial charge in [-0.15, -0.1) is 0 Å². The highest BCUT2D eigenvalue weighted by Crippen LogP contribution is 2.39. The molecule has 1 unspecified atom stereocenters. The Bertz CT molecular complexity index is 843. The molecule has 0 amide bonds. The average molecular weight is 548 g/mol. The van der Waals surface area contributed by atoms with Gasteiger partial charge in [0.2, 0.25) is 0 Å². The van der Waals surface area contributed by atoms with Crippen molar-refractivity contribution in [3.63, 3.8) is 0 Å². The van der Waals surface area contributed by atoms with E-state index in [1.54, 1.807) is 12.1 Å². The minimum Gasteiger partial charge on any atom is -0.467 e. The van der Waals surface area contributed by atoms with Gasteiger partial charge in [-0.1, -0.05) is 64.2 Å². The lowest BCUT2D eigenvalue weighted by Gasteiger charge is -2.36. The molecule has 1 saturated heterocycles. The van der Waals surface area contributed by atoms with Gasteiger partial charge in [0.25, 0.3) is 0 Å². The lowest BCUT2D eigenvalue weighted by Crippen LogP contribution is -2.41. The van der Waals surface area contributed by atoms with Crippen LogP contribution in [0, 0.1) is 5.82 Å². The van der Waals surface area contributed by atoms with E-state index in [9.17, 15) is 0 Å². The van der Waals surface area contributed by atoms with E-state index in [0.29, 0.717) is 30.9 Å². The topological polar surface area (TPSA) is 30.9 Å². The Hall–Kier alpha value is -0.516. The van der Waals surface area contributed by atoms with Gasteiger partial charge < -0.3 is 18.8 Å². The molecule has 0 N–H and O–H groups in total. The van der Waals surface area contributed by atoms with Crippen LogP contribution in [0.3, 0.4) is 0 Å². The highest BCUT2D eigenvalue weighted by molar-refractivity contribution is 7.80. The number of halogens is 2. The molecule has 0 bridgehead atoms. The van der Waals surface area contributed by atoms with Crippen LogP contribution < -0.4 is 4.74 Å². The largest absolute Gasteiger partial charge is 0.467 e. The van der Waals surface area contributed by atoms with Crippen molar-refractivity contribution in [1.29, 1.82) is 0 Å². The molecule has 0 saturated carbocycles. The fourth-order valence-corrected chi connectivity index (χ4v) is 5.95. The van der Waals surface area contributed by atoms with Crippen LogP contribution in [0.1, 0.15) is 45.1 Å². The van der Waals surface area contributed by atoms with Gasteiger partial charge in [0, 0.05) is 52.3 Å². The van der Waals surface area contributed by atoms with Crippen LogP contribution in [-0.2, 0) is 9.16 Å². The number of hydrogen-bond acceptors (Lipinski definition) is 4. The second-order valence-electron chi connectivity index (χ2n) is 12.0. The molecule has 0 spiro atoms. The van der Waals surface area contributed by atoms with Crippen molar-refractivity contribution in [3.8, 4) is 5.75 Å². The fraction of sp³-hybridized carbons (Fsp3) is 0.720. The van der Waals surface area contributed by atoms with Gasteiger partial charge in [-0.3, -0.25) is 0 Å². The molecule has 0 aliphatic carbocycles. The van der Waals surface area contributed by atoms with Crippen LogP contribution in [0.5, 0.6) is 5.75 Å². The smallest absolute Gasteiger partial charge is 0.191 e. The Balaban J connectivity index is 1.96. The SMILES string of the molecule is CC(C)(C)[Si](C)(C)OCCCN1CC(c2c(OCOCC[Si](C)(C)C)ccc(Cl)c2F)CC1=S. The average Bonchev–Trinajstić information content (AvgIpc) is 3.06. The predicted molar refractivity (Wildman–Crippen MR) is 150 cm³/mol. The Labute approximate surface area is 218 Å². The summed E-state index contributed by atoms with van der Waals surface area (Å²) in [6.45, 7) is 21.1. The lowest BCUT2D eigenvalue weighted by molar-refractivity contribution is 0.0210. The highest BCUT2D eigenvalue weighted by Gasteiger charge is 2.37. The zero-order valence-electron chi connectivity index (χ0n) is 22.2. The summed E-state index contributed by atoms with van der Waals surface area (Å²) in [5, 5.41) is 0.300. The number of thiocarbonyl (C=S) groups is 1. The van der Waals surface area contributed by atoms with Crippen LogP contribution >= 0.6 is 23.8 Å². The monoisotopic (exact) mass is 547 g/mol. The molecule has 1 aliphatic heterocycles. The van der Waals surface area contributed by atoms with E-state index in [2.05, 4.69) is 58.4 Å². The molecular formula is C25H43ClFNO3SSi2. The number of ether oxygens (including phenoxy) is 2. The van der Waals surface area contributed by atoms with Crippen molar-refractivity contribution in [1.82, 2.24) is 4.90 Å². The van der Waals surface area contributed by atoms with Gasteiger partial charge in [-0.2, -0.15) is 0 Å². The van der Waals surface area contributed by atoms with E-state index in [0.717, 1.165) is 30.6 Å². The second kappa shape index (κ2) is 12.1. The standard InChI is InChI=1S/C25H43ClFNO3SSi2/c1-25(2,3)34(7,8)31-13-9-12-28-17-19(16-22(28)32)23-21(11-10-20(26)24(23)27)30-18-29-14-15-33(4,5)6/h10-11,19H,9,12-18H2,1-8H3. The molecule has 0 radical (unpaired) electrons. The first-order valence-corrected chi connectivity index (χ1v) is 19.6. The maximum Gasteiger partial charge on any atom is 0.191 e. The minimum absolute atomic E-state index is 0.0931. The van der Waals surface area contributed by atoms with E-state index in [4.69, 9.17) is 37.7 Å². The van der Waals surface area contributed by atoms with Gasteiger partial charge in [-0.25, -0.2) is 4.39 Å². The maximum absolute atomic E-state index is 15.1. The summed E-state index contributed by atoms with van der Waals surface area (Å²) in [5.74, 6) is -0.0209. The van der Waals surface area contributed by atoms with Gasteiger partial charge in [0.05, 0.1) is 10.0 Å². The molecule has 1 aromatic carbocycles. The maximum atomic E-state index is 15.1. The van der Waals surface area contributed by atoms with Gasteiger partial charge >= 0.3 is 0 Å². The van der Waals surface area contributed by atoms with Crippen LogP contribution in [0.15, 0.2) is 12.1 Å².